The molecule has 2 fully saturated rings. The molecule has 2 atom stereocenters. The lowest BCUT2D eigenvalue weighted by molar-refractivity contribution is -0.140. The first-order chi connectivity index (χ1) is 15.8. The number of hydrogen-bond acceptors (Lipinski definition) is 6. The Hall–Kier alpha value is -3.03. The van der Waals surface area contributed by atoms with Crippen molar-refractivity contribution in [2.45, 2.75) is 25.0 Å². The highest BCUT2D eigenvalue weighted by molar-refractivity contribution is 6.46. The van der Waals surface area contributed by atoms with Crippen LogP contribution < -0.4 is 9.64 Å². The van der Waals surface area contributed by atoms with Crippen LogP contribution in [0.5, 0.6) is 5.75 Å². The van der Waals surface area contributed by atoms with Gasteiger partial charge in [0.2, 0.25) is 0 Å². The van der Waals surface area contributed by atoms with Crippen molar-refractivity contribution in [2.75, 3.05) is 39.3 Å². The topological polar surface area (TPSA) is 79.3 Å². The summed E-state index contributed by atoms with van der Waals surface area (Å²) in [4.78, 5) is 29.7. The number of rotatable bonds is 6. The molecule has 2 aliphatic heterocycles. The zero-order chi connectivity index (χ0) is 23.7. The summed E-state index contributed by atoms with van der Waals surface area (Å²) in [7, 11) is 5.34. The van der Waals surface area contributed by atoms with Gasteiger partial charge in [-0.3, -0.25) is 9.59 Å². The van der Waals surface area contributed by atoms with Crippen molar-refractivity contribution in [3.8, 4) is 5.75 Å². The van der Waals surface area contributed by atoms with Crippen LogP contribution in [0.15, 0.2) is 48.0 Å². The van der Waals surface area contributed by atoms with Crippen LogP contribution in [0.1, 0.15) is 30.0 Å². The quantitative estimate of drug-likeness (QED) is 0.390. The third kappa shape index (κ3) is 4.43. The van der Waals surface area contributed by atoms with Crippen LogP contribution in [-0.4, -0.2) is 62.2 Å². The first-order valence-electron chi connectivity index (χ1n) is 10.8. The zero-order valence-corrected chi connectivity index (χ0v) is 19.6. The smallest absolute Gasteiger partial charge is 0.295 e. The Kier molecular flexibility index (Phi) is 6.63. The monoisotopic (exact) mass is 470 g/mol. The normalized spacial score (nSPS) is 22.1. The van der Waals surface area contributed by atoms with Crippen molar-refractivity contribution in [1.82, 2.24) is 4.90 Å². The molecule has 4 rings (SSSR count). The Labute approximate surface area is 198 Å². The van der Waals surface area contributed by atoms with E-state index in [1.807, 2.05) is 43.3 Å². The number of halogens is 1. The fraction of sp³-hybridized carbons (Fsp3) is 0.360. The van der Waals surface area contributed by atoms with Crippen molar-refractivity contribution in [3.63, 3.8) is 0 Å². The van der Waals surface area contributed by atoms with Gasteiger partial charge in [-0.05, 0) is 48.7 Å². The first kappa shape index (κ1) is 23.1. The molecule has 2 aromatic carbocycles. The highest BCUT2D eigenvalue weighted by atomic mass is 35.5. The SMILES string of the molecule is COc1cc(/C(O)=C2/C(=O)C(=O)N(CC3CCCO3)C2c2ccc(N(C)C)cc2)ccc1Cl. The predicted octanol–water partition coefficient (Wildman–Crippen LogP) is 4.02. The molecule has 0 bridgehead atoms. The lowest BCUT2D eigenvalue weighted by atomic mass is 9.95. The Morgan fingerprint density at radius 1 is 1.21 bits per heavy atom. The summed E-state index contributed by atoms with van der Waals surface area (Å²) >= 11 is 6.13. The Morgan fingerprint density at radius 3 is 2.55 bits per heavy atom. The average Bonchev–Trinajstić information content (AvgIpc) is 3.41. The molecule has 7 nitrogen and oxygen atoms in total. The Morgan fingerprint density at radius 2 is 1.94 bits per heavy atom. The second kappa shape index (κ2) is 9.45. The van der Waals surface area contributed by atoms with Crippen LogP contribution in [0, 0.1) is 0 Å². The summed E-state index contributed by atoms with van der Waals surface area (Å²) in [6, 6.07) is 11.6. The third-order valence-corrected chi connectivity index (χ3v) is 6.43. The van der Waals surface area contributed by atoms with Gasteiger partial charge in [-0.15, -0.1) is 0 Å². The van der Waals surface area contributed by atoms with E-state index in [9.17, 15) is 14.7 Å². The lowest BCUT2D eigenvalue weighted by Gasteiger charge is -2.28. The molecule has 2 heterocycles. The highest BCUT2D eigenvalue weighted by Gasteiger charge is 2.47. The number of carbonyl (C=O) groups excluding carboxylic acids is 2. The minimum absolute atomic E-state index is 0.0416. The number of ether oxygens (including phenoxy) is 2. The number of methoxy groups -OCH3 is 1. The van der Waals surface area contributed by atoms with Crippen molar-refractivity contribution in [2.24, 2.45) is 0 Å². The number of amides is 1. The van der Waals surface area contributed by atoms with Gasteiger partial charge in [0.25, 0.3) is 11.7 Å². The molecule has 8 heteroatoms. The number of aliphatic hydroxyl groups is 1. The minimum atomic E-state index is -0.730. The van der Waals surface area contributed by atoms with Gasteiger partial charge in [-0.2, -0.15) is 0 Å². The number of hydrogen-bond donors (Lipinski definition) is 1. The predicted molar refractivity (Wildman–Crippen MR) is 127 cm³/mol. The van der Waals surface area contributed by atoms with E-state index in [1.165, 1.54) is 12.0 Å². The number of anilines is 1. The second-order valence-corrected chi connectivity index (χ2v) is 8.83. The van der Waals surface area contributed by atoms with E-state index in [1.54, 1.807) is 18.2 Å². The zero-order valence-electron chi connectivity index (χ0n) is 18.9. The van der Waals surface area contributed by atoms with Crippen LogP contribution >= 0.6 is 11.6 Å². The van der Waals surface area contributed by atoms with Gasteiger partial charge >= 0.3 is 0 Å². The molecule has 2 saturated heterocycles. The molecule has 174 valence electrons. The average molecular weight is 471 g/mol. The van der Waals surface area contributed by atoms with E-state index in [2.05, 4.69) is 0 Å². The van der Waals surface area contributed by atoms with Gasteiger partial charge in [0.05, 0.1) is 29.9 Å². The minimum Gasteiger partial charge on any atom is -0.507 e. The molecule has 0 radical (unpaired) electrons. The molecule has 0 saturated carbocycles. The molecule has 0 spiro atoms. The standard InChI is InChI=1S/C25H27ClN2O5/c1-27(2)17-9-6-15(7-10-17)22-21(23(29)16-8-11-19(26)20(13-16)32-3)24(30)25(31)28(22)14-18-5-4-12-33-18/h6-11,13,18,22,29H,4-5,12,14H2,1-3H3/b23-21-. The fourth-order valence-electron chi connectivity index (χ4n) is 4.34. The summed E-state index contributed by atoms with van der Waals surface area (Å²) < 4.78 is 11.0. The van der Waals surface area contributed by atoms with Crippen molar-refractivity contribution in [1.29, 1.82) is 0 Å². The van der Waals surface area contributed by atoms with Gasteiger partial charge in [0, 0.05) is 38.5 Å². The molecule has 2 aliphatic rings. The van der Waals surface area contributed by atoms with Crippen molar-refractivity contribution < 1.29 is 24.2 Å². The highest BCUT2D eigenvalue weighted by Crippen LogP contribution is 2.41. The molecule has 33 heavy (non-hydrogen) atoms. The molecular formula is C25H27ClN2O5. The van der Waals surface area contributed by atoms with Crippen LogP contribution in [-0.2, 0) is 14.3 Å². The van der Waals surface area contributed by atoms with E-state index in [0.717, 1.165) is 24.1 Å². The summed E-state index contributed by atoms with van der Waals surface area (Å²) in [6.45, 7) is 0.923. The Bertz CT molecular complexity index is 1090. The van der Waals surface area contributed by atoms with E-state index in [0.29, 0.717) is 22.9 Å². The maximum atomic E-state index is 13.2. The van der Waals surface area contributed by atoms with Crippen molar-refractivity contribution in [3.05, 3.63) is 64.2 Å². The number of carbonyl (C=O) groups is 2. The van der Waals surface area contributed by atoms with Crippen LogP contribution in [0.4, 0.5) is 5.69 Å². The number of aliphatic hydroxyl groups excluding tert-OH is 1. The third-order valence-electron chi connectivity index (χ3n) is 6.11. The number of likely N-dealkylation sites (tertiary alicyclic amines) is 1. The Balaban J connectivity index is 1.82. The molecule has 1 amide bonds. The van der Waals surface area contributed by atoms with E-state index < -0.39 is 17.7 Å². The molecule has 0 aliphatic carbocycles. The molecular weight excluding hydrogens is 444 g/mol. The fourth-order valence-corrected chi connectivity index (χ4v) is 4.53. The van der Waals surface area contributed by atoms with E-state index in [-0.39, 0.29) is 24.0 Å². The van der Waals surface area contributed by atoms with Crippen LogP contribution in [0.2, 0.25) is 5.02 Å². The number of ketones is 1. The largest absolute Gasteiger partial charge is 0.507 e. The van der Waals surface area contributed by atoms with Crippen LogP contribution in [0.3, 0.4) is 0 Å². The van der Waals surface area contributed by atoms with Gasteiger partial charge in [0.15, 0.2) is 0 Å². The number of benzene rings is 2. The number of nitrogens with zero attached hydrogens (tertiary/aromatic N) is 2. The molecule has 2 unspecified atom stereocenters. The van der Waals surface area contributed by atoms with Gasteiger partial charge < -0.3 is 24.4 Å². The summed E-state index contributed by atoms with van der Waals surface area (Å²) in [5.74, 6) is -1.27. The van der Waals surface area contributed by atoms with Crippen molar-refractivity contribution >= 4 is 34.7 Å². The number of Topliss-reactive ketones (excluding diaryl/α,β-unsaturated/α-hetero) is 1. The second-order valence-electron chi connectivity index (χ2n) is 8.42. The van der Waals surface area contributed by atoms with E-state index in [4.69, 9.17) is 21.1 Å². The maximum absolute atomic E-state index is 13.2. The lowest BCUT2D eigenvalue weighted by Crippen LogP contribution is -2.36. The molecule has 1 N–H and O–H groups in total. The maximum Gasteiger partial charge on any atom is 0.295 e. The van der Waals surface area contributed by atoms with Gasteiger partial charge in [0.1, 0.15) is 11.5 Å². The van der Waals surface area contributed by atoms with Gasteiger partial charge in [-0.1, -0.05) is 23.7 Å². The van der Waals surface area contributed by atoms with E-state index >= 15 is 0 Å². The summed E-state index contributed by atoms with van der Waals surface area (Å²) in [5.41, 5.74) is 2.11. The molecule has 0 aromatic heterocycles. The summed E-state index contributed by atoms with van der Waals surface area (Å²) in [6.07, 6.45) is 1.60. The molecule has 2 aromatic rings. The first-order valence-corrected chi connectivity index (χ1v) is 11.2. The van der Waals surface area contributed by atoms with Gasteiger partial charge in [-0.25, -0.2) is 0 Å². The summed E-state index contributed by atoms with van der Waals surface area (Å²) in [5, 5.41) is 11.6. The van der Waals surface area contributed by atoms with Crippen LogP contribution in [0.25, 0.3) is 5.76 Å².